The van der Waals surface area contributed by atoms with Crippen molar-refractivity contribution in [2.75, 3.05) is 58.0 Å². The number of carbonyl (C=O) groups excluding carboxylic acids is 1. The maximum absolute atomic E-state index is 13.3. The molecule has 1 aliphatic rings. The number of hydrogen-bond acceptors (Lipinski definition) is 7. The van der Waals surface area contributed by atoms with Crippen LogP contribution in [0, 0.1) is 6.92 Å². The van der Waals surface area contributed by atoms with Gasteiger partial charge in [0, 0.05) is 26.2 Å². The molecule has 2 heterocycles. The van der Waals surface area contributed by atoms with Gasteiger partial charge in [0.25, 0.3) is 5.91 Å². The molecule has 3 aromatic rings. The van der Waals surface area contributed by atoms with E-state index in [1.54, 1.807) is 24.1 Å². The predicted molar refractivity (Wildman–Crippen MR) is 132 cm³/mol. The lowest BCUT2D eigenvalue weighted by atomic mass is 10.2. The van der Waals surface area contributed by atoms with Crippen LogP contribution >= 0.6 is 22.9 Å². The van der Waals surface area contributed by atoms with Gasteiger partial charge in [-0.15, -0.1) is 0 Å². The fourth-order valence-electron chi connectivity index (χ4n) is 3.68. The molecule has 2 aromatic carbocycles. The number of amides is 1. The fourth-order valence-corrected chi connectivity index (χ4v) is 4.98. The van der Waals surface area contributed by atoms with Crippen molar-refractivity contribution in [2.24, 2.45) is 0 Å². The number of halogens is 1. The fraction of sp³-hybridized carbons (Fsp3) is 0.417. The zero-order valence-electron chi connectivity index (χ0n) is 18.9. The van der Waals surface area contributed by atoms with Crippen LogP contribution in [0.4, 0.5) is 5.13 Å². The molecule has 33 heavy (non-hydrogen) atoms. The molecule has 7 nitrogen and oxygen atoms in total. The Labute approximate surface area is 202 Å². The first-order chi connectivity index (χ1) is 16.0. The Hall–Kier alpha value is -2.39. The first-order valence-corrected chi connectivity index (χ1v) is 12.2. The maximum atomic E-state index is 13.3. The monoisotopic (exact) mass is 489 g/mol. The second-order valence-electron chi connectivity index (χ2n) is 7.88. The second kappa shape index (κ2) is 11.2. The van der Waals surface area contributed by atoms with E-state index in [-0.39, 0.29) is 12.5 Å². The number of hydrogen-bond donors (Lipinski definition) is 0. The third-order valence-corrected chi connectivity index (χ3v) is 7.08. The summed E-state index contributed by atoms with van der Waals surface area (Å²) in [5.41, 5.74) is 1.80. The molecule has 1 aromatic heterocycles. The van der Waals surface area contributed by atoms with Crippen molar-refractivity contribution in [1.29, 1.82) is 0 Å². The molecule has 0 atom stereocenters. The molecule has 0 N–H and O–H groups in total. The van der Waals surface area contributed by atoms with Gasteiger partial charge in [-0.1, -0.05) is 40.6 Å². The van der Waals surface area contributed by atoms with Gasteiger partial charge in [-0.3, -0.25) is 14.6 Å². The SMILES string of the molecule is COc1ccc(Cl)c2sc(N(CCCN3CCOCC3)C(=O)COc3ccc(C)cc3)nc12. The molecule has 176 valence electrons. The van der Waals surface area contributed by atoms with Gasteiger partial charge in [-0.25, -0.2) is 4.98 Å². The summed E-state index contributed by atoms with van der Waals surface area (Å²) in [5.74, 6) is 1.15. The van der Waals surface area contributed by atoms with Crippen LogP contribution in [-0.2, 0) is 9.53 Å². The highest BCUT2D eigenvalue weighted by Gasteiger charge is 2.23. The van der Waals surface area contributed by atoms with E-state index < -0.39 is 0 Å². The first kappa shape index (κ1) is 23.8. The number of aryl methyl sites for hydroxylation is 1. The van der Waals surface area contributed by atoms with Crippen LogP contribution in [0.5, 0.6) is 11.5 Å². The van der Waals surface area contributed by atoms with Gasteiger partial charge in [-0.2, -0.15) is 0 Å². The van der Waals surface area contributed by atoms with E-state index in [1.165, 1.54) is 11.3 Å². The highest BCUT2D eigenvalue weighted by molar-refractivity contribution is 7.23. The van der Waals surface area contributed by atoms with Crippen molar-refractivity contribution < 1.29 is 19.0 Å². The van der Waals surface area contributed by atoms with Crippen LogP contribution in [0.3, 0.4) is 0 Å². The molecule has 1 fully saturated rings. The zero-order chi connectivity index (χ0) is 23.2. The topological polar surface area (TPSA) is 64.1 Å². The molecular formula is C24H28ClN3O4S. The molecule has 0 bridgehead atoms. The zero-order valence-corrected chi connectivity index (χ0v) is 20.5. The predicted octanol–water partition coefficient (Wildman–Crippen LogP) is 4.40. The molecule has 0 spiro atoms. The summed E-state index contributed by atoms with van der Waals surface area (Å²) in [6.07, 6.45) is 0.817. The number of morpholine rings is 1. The summed E-state index contributed by atoms with van der Waals surface area (Å²) < 4.78 is 17.5. The van der Waals surface area contributed by atoms with Gasteiger partial charge in [0.15, 0.2) is 11.7 Å². The van der Waals surface area contributed by atoms with Gasteiger partial charge < -0.3 is 14.2 Å². The minimum Gasteiger partial charge on any atom is -0.494 e. The standard InChI is InChI=1S/C24H28ClN3O4S/c1-17-4-6-18(7-5-17)32-16-21(29)28(11-3-10-27-12-14-31-15-13-27)24-26-22-20(30-2)9-8-19(25)23(22)33-24/h4-9H,3,10-16H2,1-2H3. The molecule has 1 amide bonds. The number of fused-ring (bicyclic) bond motifs is 1. The Bertz CT molecular complexity index is 1080. The first-order valence-electron chi connectivity index (χ1n) is 11.0. The summed E-state index contributed by atoms with van der Waals surface area (Å²) in [6, 6.07) is 11.2. The Morgan fingerprint density at radius 1 is 1.21 bits per heavy atom. The number of aromatic nitrogens is 1. The quantitative estimate of drug-likeness (QED) is 0.444. The summed E-state index contributed by atoms with van der Waals surface area (Å²) in [7, 11) is 1.60. The molecule has 0 saturated carbocycles. The molecule has 1 saturated heterocycles. The molecular weight excluding hydrogens is 462 g/mol. The van der Waals surface area contributed by atoms with Crippen LogP contribution < -0.4 is 14.4 Å². The molecule has 4 rings (SSSR count). The van der Waals surface area contributed by atoms with E-state index in [2.05, 4.69) is 4.90 Å². The normalized spacial score (nSPS) is 14.4. The van der Waals surface area contributed by atoms with Crippen molar-refractivity contribution in [3.8, 4) is 11.5 Å². The number of anilines is 1. The number of rotatable bonds is 9. The summed E-state index contributed by atoms with van der Waals surface area (Å²) in [5, 5.41) is 1.18. The number of methoxy groups -OCH3 is 1. The second-order valence-corrected chi connectivity index (χ2v) is 9.26. The largest absolute Gasteiger partial charge is 0.494 e. The molecule has 9 heteroatoms. The summed E-state index contributed by atoms with van der Waals surface area (Å²) >= 11 is 7.80. The van der Waals surface area contributed by atoms with Crippen LogP contribution in [0.2, 0.25) is 5.02 Å². The van der Waals surface area contributed by atoms with E-state index in [4.69, 9.17) is 30.8 Å². The van der Waals surface area contributed by atoms with Gasteiger partial charge in [0.1, 0.15) is 17.0 Å². The summed E-state index contributed by atoms with van der Waals surface area (Å²) in [4.78, 5) is 22.0. The Balaban J connectivity index is 1.52. The van der Waals surface area contributed by atoms with Gasteiger partial charge in [0.05, 0.1) is 30.0 Å². The number of thiazole rings is 1. The van der Waals surface area contributed by atoms with E-state index in [0.717, 1.165) is 49.5 Å². The molecule has 1 aliphatic heterocycles. The number of nitrogens with zero attached hydrogens (tertiary/aromatic N) is 3. The van der Waals surface area contributed by atoms with Gasteiger partial charge in [0.2, 0.25) is 0 Å². The smallest absolute Gasteiger partial charge is 0.266 e. The molecule has 0 aliphatic carbocycles. The van der Waals surface area contributed by atoms with Crippen molar-refractivity contribution in [3.63, 3.8) is 0 Å². The minimum absolute atomic E-state index is 0.0680. The van der Waals surface area contributed by atoms with Crippen LogP contribution in [0.1, 0.15) is 12.0 Å². The van der Waals surface area contributed by atoms with E-state index in [9.17, 15) is 4.79 Å². The maximum Gasteiger partial charge on any atom is 0.266 e. The molecule has 0 radical (unpaired) electrons. The number of benzene rings is 2. The van der Waals surface area contributed by atoms with Crippen molar-refractivity contribution >= 4 is 44.2 Å². The Morgan fingerprint density at radius 2 is 1.97 bits per heavy atom. The Kier molecular flexibility index (Phi) is 8.03. The lowest BCUT2D eigenvalue weighted by Crippen LogP contribution is -2.40. The lowest BCUT2D eigenvalue weighted by molar-refractivity contribution is -0.120. The molecule has 0 unspecified atom stereocenters. The van der Waals surface area contributed by atoms with E-state index in [1.807, 2.05) is 31.2 Å². The van der Waals surface area contributed by atoms with Gasteiger partial charge in [-0.05, 0) is 37.6 Å². The van der Waals surface area contributed by atoms with Crippen LogP contribution in [0.25, 0.3) is 10.2 Å². The van der Waals surface area contributed by atoms with E-state index >= 15 is 0 Å². The highest BCUT2D eigenvalue weighted by atomic mass is 35.5. The van der Waals surface area contributed by atoms with Crippen molar-refractivity contribution in [1.82, 2.24) is 9.88 Å². The van der Waals surface area contributed by atoms with Crippen molar-refractivity contribution in [3.05, 3.63) is 47.0 Å². The third kappa shape index (κ3) is 5.95. The Morgan fingerprint density at radius 3 is 2.70 bits per heavy atom. The van der Waals surface area contributed by atoms with Crippen LogP contribution in [-0.4, -0.2) is 68.9 Å². The highest BCUT2D eigenvalue weighted by Crippen LogP contribution is 2.38. The average Bonchev–Trinajstić information content (AvgIpc) is 3.28. The number of ether oxygens (including phenoxy) is 3. The minimum atomic E-state index is -0.147. The van der Waals surface area contributed by atoms with Crippen LogP contribution in [0.15, 0.2) is 36.4 Å². The third-order valence-electron chi connectivity index (χ3n) is 5.54. The average molecular weight is 490 g/mol. The summed E-state index contributed by atoms with van der Waals surface area (Å²) in [6.45, 7) is 6.70. The lowest BCUT2D eigenvalue weighted by Gasteiger charge is -2.27. The van der Waals surface area contributed by atoms with Gasteiger partial charge >= 0.3 is 0 Å². The van der Waals surface area contributed by atoms with Crippen molar-refractivity contribution in [2.45, 2.75) is 13.3 Å². The van der Waals surface area contributed by atoms with E-state index in [0.29, 0.717) is 33.7 Å². The number of carbonyl (C=O) groups is 1.